The van der Waals surface area contributed by atoms with Gasteiger partial charge in [0.25, 0.3) is 0 Å². The molecule has 0 amide bonds. The molecule has 3 rings (SSSR count). The molecule has 0 aliphatic carbocycles. The van der Waals surface area contributed by atoms with Crippen LogP contribution < -0.4 is 9.05 Å². The van der Waals surface area contributed by atoms with Gasteiger partial charge >= 0.3 is 15.6 Å². The van der Waals surface area contributed by atoms with Crippen molar-refractivity contribution in [2.75, 3.05) is 0 Å². The van der Waals surface area contributed by atoms with Crippen LogP contribution in [0.15, 0.2) is 72.8 Å². The fraction of sp³-hybridized carbons (Fsp3) is 0. The quantitative estimate of drug-likeness (QED) is 0.439. The van der Waals surface area contributed by atoms with Crippen molar-refractivity contribution in [3.8, 4) is 33.8 Å². The Kier molecular flexibility index (Phi) is 5.72. The van der Waals surface area contributed by atoms with E-state index in [4.69, 9.17) is 28.6 Å². The van der Waals surface area contributed by atoms with Gasteiger partial charge in [-0.3, -0.25) is 19.6 Å². The second kappa shape index (κ2) is 7.89. The first kappa shape index (κ1) is 20.3. The van der Waals surface area contributed by atoms with Gasteiger partial charge in [-0.1, -0.05) is 54.6 Å². The third-order valence-corrected chi connectivity index (χ3v) is 4.56. The Hall–Kier alpha value is -2.44. The van der Waals surface area contributed by atoms with Crippen LogP contribution in [0, 0.1) is 0 Å². The molecule has 8 nitrogen and oxygen atoms in total. The molecule has 0 bridgehead atoms. The molecule has 0 heterocycles. The Bertz CT molecular complexity index is 1000. The number of benzene rings is 3. The summed E-state index contributed by atoms with van der Waals surface area (Å²) in [6.07, 6.45) is 0. The molecule has 0 aliphatic heterocycles. The van der Waals surface area contributed by atoms with Crippen LogP contribution in [0.25, 0.3) is 22.3 Å². The van der Waals surface area contributed by atoms with Crippen LogP contribution in [0.5, 0.6) is 11.5 Å². The van der Waals surface area contributed by atoms with Crippen molar-refractivity contribution in [3.63, 3.8) is 0 Å². The van der Waals surface area contributed by atoms with E-state index in [0.717, 1.165) is 0 Å². The van der Waals surface area contributed by atoms with Gasteiger partial charge in [-0.25, -0.2) is 9.13 Å². The number of hydrogen-bond donors (Lipinski definition) is 4. The molecule has 4 N–H and O–H groups in total. The molecule has 0 unspecified atom stereocenters. The van der Waals surface area contributed by atoms with E-state index in [1.165, 1.54) is 12.1 Å². The normalized spacial score (nSPS) is 11.9. The molecule has 0 fully saturated rings. The summed E-state index contributed by atoms with van der Waals surface area (Å²) >= 11 is 0. The zero-order chi connectivity index (χ0) is 20.4. The summed E-state index contributed by atoms with van der Waals surface area (Å²) in [6, 6.07) is 19.6. The molecule has 0 atom stereocenters. The van der Waals surface area contributed by atoms with Gasteiger partial charge in [0.15, 0.2) is 0 Å². The fourth-order valence-corrected chi connectivity index (χ4v) is 3.51. The maximum atomic E-state index is 11.2. The Labute approximate surface area is 160 Å². The lowest BCUT2D eigenvalue weighted by Gasteiger charge is -2.14. The first-order valence-corrected chi connectivity index (χ1v) is 11.0. The second-order valence-corrected chi connectivity index (χ2v) is 8.06. The highest BCUT2D eigenvalue weighted by Gasteiger charge is 2.20. The number of para-hydroxylation sites is 2. The number of phosphoric acid groups is 2. The molecule has 3 aromatic carbocycles. The molecule has 0 spiro atoms. The molecule has 0 radical (unpaired) electrons. The summed E-state index contributed by atoms with van der Waals surface area (Å²) in [4.78, 5) is 36.5. The predicted molar refractivity (Wildman–Crippen MR) is 103 cm³/mol. The lowest BCUT2D eigenvalue weighted by atomic mass is 9.98. The van der Waals surface area contributed by atoms with Crippen molar-refractivity contribution in [1.29, 1.82) is 0 Å². The summed E-state index contributed by atoms with van der Waals surface area (Å²) < 4.78 is 32.0. The van der Waals surface area contributed by atoms with Crippen LogP contribution in [-0.4, -0.2) is 19.6 Å². The lowest BCUT2D eigenvalue weighted by Crippen LogP contribution is -1.94. The van der Waals surface area contributed by atoms with E-state index in [-0.39, 0.29) is 11.5 Å². The zero-order valence-electron chi connectivity index (χ0n) is 14.2. The summed E-state index contributed by atoms with van der Waals surface area (Å²) in [5, 5.41) is 0. The van der Waals surface area contributed by atoms with E-state index in [9.17, 15) is 9.13 Å². The Morgan fingerprint density at radius 1 is 0.571 bits per heavy atom. The first-order chi connectivity index (χ1) is 13.1. The lowest BCUT2D eigenvalue weighted by molar-refractivity contribution is 0.281. The molecule has 3 aromatic rings. The Morgan fingerprint density at radius 2 is 0.964 bits per heavy atom. The van der Waals surface area contributed by atoms with E-state index in [0.29, 0.717) is 22.3 Å². The van der Waals surface area contributed by atoms with Gasteiger partial charge in [-0.2, -0.15) is 0 Å². The Balaban J connectivity index is 2.07. The molecule has 0 saturated heterocycles. The third kappa shape index (κ3) is 5.30. The smallest absolute Gasteiger partial charge is 0.404 e. The number of phosphoric ester groups is 2. The summed E-state index contributed by atoms with van der Waals surface area (Å²) in [5.41, 5.74) is 2.07. The molecule has 28 heavy (non-hydrogen) atoms. The number of hydrogen-bond acceptors (Lipinski definition) is 4. The summed E-state index contributed by atoms with van der Waals surface area (Å²) in [6.45, 7) is 0. The van der Waals surface area contributed by atoms with Gasteiger partial charge in [-0.15, -0.1) is 0 Å². The first-order valence-electron chi connectivity index (χ1n) is 7.91. The van der Waals surface area contributed by atoms with Gasteiger partial charge in [0.05, 0.1) is 0 Å². The van der Waals surface area contributed by atoms with Gasteiger partial charge in [-0.05, 0) is 29.3 Å². The number of rotatable bonds is 6. The van der Waals surface area contributed by atoms with Gasteiger partial charge in [0.2, 0.25) is 0 Å². The molecule has 0 aromatic heterocycles. The highest BCUT2D eigenvalue weighted by atomic mass is 31.2. The average molecular weight is 422 g/mol. The van der Waals surface area contributed by atoms with Crippen molar-refractivity contribution in [3.05, 3.63) is 72.8 Å². The average Bonchev–Trinajstić information content (AvgIpc) is 2.60. The topological polar surface area (TPSA) is 134 Å². The van der Waals surface area contributed by atoms with Crippen molar-refractivity contribution >= 4 is 15.6 Å². The van der Waals surface area contributed by atoms with Crippen LogP contribution in [0.4, 0.5) is 0 Å². The van der Waals surface area contributed by atoms with E-state index in [1.807, 2.05) is 0 Å². The van der Waals surface area contributed by atoms with Crippen molar-refractivity contribution in [2.24, 2.45) is 0 Å². The molecule has 146 valence electrons. The van der Waals surface area contributed by atoms with Crippen LogP contribution in [0.3, 0.4) is 0 Å². The molecule has 0 aliphatic rings. The molecule has 0 saturated carbocycles. The standard InChI is InChI=1S/C18H16O8P2/c19-27(20,21)25-17-10-3-1-8-15(17)13-6-5-7-14(12-13)16-9-2-4-11-18(16)26-28(22,23)24/h1-12H,(H2,19,20,21)(H2,22,23,24). The molecule has 10 heteroatoms. The van der Waals surface area contributed by atoms with Crippen molar-refractivity contribution in [1.82, 2.24) is 0 Å². The minimum Gasteiger partial charge on any atom is -0.404 e. The van der Waals surface area contributed by atoms with Gasteiger partial charge in [0.1, 0.15) is 11.5 Å². The molecular formula is C18H16O8P2. The Morgan fingerprint density at radius 3 is 1.36 bits per heavy atom. The highest BCUT2D eigenvalue weighted by molar-refractivity contribution is 7.47. The monoisotopic (exact) mass is 422 g/mol. The van der Waals surface area contributed by atoms with Crippen LogP contribution >= 0.6 is 15.6 Å². The van der Waals surface area contributed by atoms with Gasteiger partial charge < -0.3 is 9.05 Å². The summed E-state index contributed by atoms with van der Waals surface area (Å²) in [7, 11) is -9.49. The zero-order valence-corrected chi connectivity index (χ0v) is 16.0. The minimum atomic E-state index is -4.74. The van der Waals surface area contributed by atoms with E-state index in [1.54, 1.807) is 60.7 Å². The second-order valence-electron chi connectivity index (χ2n) is 5.74. The molecular weight excluding hydrogens is 406 g/mol. The minimum absolute atomic E-state index is 0.00716. The maximum Gasteiger partial charge on any atom is 0.524 e. The van der Waals surface area contributed by atoms with Crippen LogP contribution in [0.2, 0.25) is 0 Å². The van der Waals surface area contributed by atoms with Crippen LogP contribution in [-0.2, 0) is 9.13 Å². The van der Waals surface area contributed by atoms with E-state index >= 15 is 0 Å². The largest absolute Gasteiger partial charge is 0.524 e. The summed E-state index contributed by atoms with van der Waals surface area (Å²) in [5.74, 6) is 0.0143. The van der Waals surface area contributed by atoms with Crippen LogP contribution in [0.1, 0.15) is 0 Å². The SMILES string of the molecule is O=P(O)(O)Oc1ccccc1-c1cccc(-c2ccccc2OP(=O)(O)O)c1. The van der Waals surface area contributed by atoms with Gasteiger partial charge in [0, 0.05) is 11.1 Å². The van der Waals surface area contributed by atoms with E-state index < -0.39 is 15.6 Å². The third-order valence-electron chi connectivity index (χ3n) is 3.69. The van der Waals surface area contributed by atoms with Crippen molar-refractivity contribution in [2.45, 2.75) is 0 Å². The fourth-order valence-electron chi connectivity index (χ4n) is 2.68. The van der Waals surface area contributed by atoms with E-state index in [2.05, 4.69) is 0 Å². The predicted octanol–water partition coefficient (Wildman–Crippen LogP) is 3.96. The van der Waals surface area contributed by atoms with Crippen molar-refractivity contribution < 1.29 is 37.8 Å². The highest BCUT2D eigenvalue weighted by Crippen LogP contribution is 2.44. The maximum absolute atomic E-state index is 11.2.